The normalized spacial score (nSPS) is 11.0. The van der Waals surface area contributed by atoms with Gasteiger partial charge in [0.1, 0.15) is 9.77 Å². The van der Waals surface area contributed by atoms with E-state index in [0.29, 0.717) is 22.7 Å². The Labute approximate surface area is 144 Å². The first kappa shape index (κ1) is 18.1. The first-order valence-electron chi connectivity index (χ1n) is 6.75. The summed E-state index contributed by atoms with van der Waals surface area (Å²) in [6, 6.07) is 4.54. The van der Waals surface area contributed by atoms with E-state index in [1.165, 1.54) is 38.8 Å². The Morgan fingerprint density at radius 1 is 1.12 bits per heavy atom. The highest BCUT2D eigenvalue weighted by Gasteiger charge is 2.25. The fourth-order valence-corrected chi connectivity index (χ4v) is 4.50. The summed E-state index contributed by atoms with van der Waals surface area (Å²) in [5, 5.41) is 1.52. The molecule has 0 aliphatic rings. The molecule has 24 heavy (non-hydrogen) atoms. The molecule has 0 fully saturated rings. The fourth-order valence-electron chi connectivity index (χ4n) is 2.04. The smallest absolute Gasteiger partial charge is 0.349 e. The number of nitrogens with one attached hydrogen (secondary N) is 1. The van der Waals surface area contributed by atoms with E-state index >= 15 is 0 Å². The SMILES string of the molecule is COC(=O)c1sccc1S(=O)(=O)Nc1cc(OC)c(OC)cc1C. The van der Waals surface area contributed by atoms with Gasteiger partial charge in [-0.15, -0.1) is 11.3 Å². The lowest BCUT2D eigenvalue weighted by molar-refractivity contribution is 0.0602. The van der Waals surface area contributed by atoms with Gasteiger partial charge in [0, 0.05) is 6.07 Å². The lowest BCUT2D eigenvalue weighted by atomic mass is 10.2. The quantitative estimate of drug-likeness (QED) is 0.785. The van der Waals surface area contributed by atoms with Gasteiger partial charge in [0.2, 0.25) is 0 Å². The molecule has 2 rings (SSSR count). The molecule has 0 radical (unpaired) electrons. The van der Waals surface area contributed by atoms with Crippen LogP contribution in [0.3, 0.4) is 0 Å². The zero-order chi connectivity index (χ0) is 17.9. The van der Waals surface area contributed by atoms with Gasteiger partial charge in [0.25, 0.3) is 10.0 Å². The highest BCUT2D eigenvalue weighted by molar-refractivity contribution is 7.93. The van der Waals surface area contributed by atoms with Gasteiger partial charge in [-0.3, -0.25) is 4.72 Å². The summed E-state index contributed by atoms with van der Waals surface area (Å²) < 4.78 is 42.7. The Morgan fingerprint density at radius 3 is 2.33 bits per heavy atom. The minimum absolute atomic E-state index is 0.0168. The summed E-state index contributed by atoms with van der Waals surface area (Å²) in [6.07, 6.45) is 0. The molecule has 1 aromatic carbocycles. The van der Waals surface area contributed by atoms with E-state index in [1.54, 1.807) is 13.0 Å². The van der Waals surface area contributed by atoms with E-state index in [2.05, 4.69) is 9.46 Å². The number of benzene rings is 1. The van der Waals surface area contributed by atoms with Crippen LogP contribution in [0.1, 0.15) is 15.2 Å². The lowest BCUT2D eigenvalue weighted by Gasteiger charge is -2.14. The maximum atomic E-state index is 12.6. The predicted octanol–water partition coefficient (Wildman–Crippen LogP) is 2.66. The standard InChI is InChI=1S/C15H17NO6S2/c1-9-7-11(20-2)12(21-3)8-10(9)16-24(18,19)13-5-6-23-14(13)15(17)22-4/h5-8,16H,1-4H3. The Bertz CT molecular complexity index is 857. The molecule has 9 heteroatoms. The number of hydrogen-bond acceptors (Lipinski definition) is 7. The van der Waals surface area contributed by atoms with Gasteiger partial charge in [0.15, 0.2) is 11.5 Å². The molecular formula is C15H17NO6S2. The Morgan fingerprint density at radius 2 is 1.75 bits per heavy atom. The van der Waals surface area contributed by atoms with Crippen LogP contribution in [0, 0.1) is 6.92 Å². The van der Waals surface area contributed by atoms with Crippen molar-refractivity contribution in [3.05, 3.63) is 34.0 Å². The monoisotopic (exact) mass is 371 g/mol. The van der Waals surface area contributed by atoms with Crippen LogP contribution in [-0.4, -0.2) is 35.7 Å². The second-order valence-electron chi connectivity index (χ2n) is 4.73. The number of carbonyl (C=O) groups excluding carboxylic acids is 1. The van der Waals surface area contributed by atoms with E-state index < -0.39 is 16.0 Å². The van der Waals surface area contributed by atoms with Crippen molar-refractivity contribution in [3.8, 4) is 11.5 Å². The third kappa shape index (κ3) is 3.46. The molecule has 0 aliphatic carbocycles. The van der Waals surface area contributed by atoms with Crippen LogP contribution in [0.5, 0.6) is 11.5 Å². The molecule has 0 aliphatic heterocycles. The molecule has 1 aromatic heterocycles. The third-order valence-electron chi connectivity index (χ3n) is 3.26. The predicted molar refractivity (Wildman–Crippen MR) is 90.8 cm³/mol. The third-order valence-corrected chi connectivity index (χ3v) is 5.70. The van der Waals surface area contributed by atoms with Crippen molar-refractivity contribution >= 4 is 33.0 Å². The average Bonchev–Trinajstić information content (AvgIpc) is 3.06. The molecule has 0 amide bonds. The summed E-state index contributed by atoms with van der Waals surface area (Å²) in [7, 11) is 0.192. The molecule has 1 heterocycles. The van der Waals surface area contributed by atoms with Crippen LogP contribution in [0.4, 0.5) is 5.69 Å². The molecule has 0 saturated carbocycles. The summed E-state index contributed by atoms with van der Waals surface area (Å²) in [6.45, 7) is 1.73. The van der Waals surface area contributed by atoms with Crippen molar-refractivity contribution in [2.45, 2.75) is 11.8 Å². The van der Waals surface area contributed by atoms with Crippen LogP contribution in [0.15, 0.2) is 28.5 Å². The molecule has 1 N–H and O–H groups in total. The minimum Gasteiger partial charge on any atom is -0.493 e. The number of rotatable bonds is 6. The maximum absolute atomic E-state index is 12.6. The van der Waals surface area contributed by atoms with Crippen LogP contribution in [-0.2, 0) is 14.8 Å². The summed E-state index contributed by atoms with van der Waals surface area (Å²) in [5.74, 6) is 0.178. The number of thiophene rings is 1. The van der Waals surface area contributed by atoms with Crippen LogP contribution >= 0.6 is 11.3 Å². The number of esters is 1. The van der Waals surface area contributed by atoms with E-state index in [4.69, 9.17) is 9.47 Å². The Hall–Kier alpha value is -2.26. The van der Waals surface area contributed by atoms with Crippen LogP contribution < -0.4 is 14.2 Å². The number of aryl methyl sites for hydroxylation is 1. The summed E-state index contributed by atoms with van der Waals surface area (Å²) in [5.41, 5.74) is 0.973. The zero-order valence-corrected chi connectivity index (χ0v) is 15.2. The summed E-state index contributed by atoms with van der Waals surface area (Å²) in [4.78, 5) is 11.6. The Balaban J connectivity index is 2.44. The van der Waals surface area contributed by atoms with E-state index in [1.807, 2.05) is 0 Å². The molecule has 0 spiro atoms. The molecule has 2 aromatic rings. The van der Waals surface area contributed by atoms with E-state index in [-0.39, 0.29) is 9.77 Å². The van der Waals surface area contributed by atoms with Gasteiger partial charge in [-0.1, -0.05) is 0 Å². The molecule has 7 nitrogen and oxygen atoms in total. The number of carbonyl (C=O) groups is 1. The maximum Gasteiger partial charge on any atom is 0.349 e. The van der Waals surface area contributed by atoms with Crippen LogP contribution in [0.25, 0.3) is 0 Å². The van der Waals surface area contributed by atoms with Crippen molar-refractivity contribution < 1.29 is 27.4 Å². The first-order valence-corrected chi connectivity index (χ1v) is 9.11. The van der Waals surface area contributed by atoms with E-state index in [9.17, 15) is 13.2 Å². The van der Waals surface area contributed by atoms with Crippen LogP contribution in [0.2, 0.25) is 0 Å². The number of ether oxygens (including phenoxy) is 3. The van der Waals surface area contributed by atoms with Crippen molar-refractivity contribution in [3.63, 3.8) is 0 Å². The lowest BCUT2D eigenvalue weighted by Crippen LogP contribution is -2.16. The largest absolute Gasteiger partial charge is 0.493 e. The Kier molecular flexibility index (Phi) is 5.35. The van der Waals surface area contributed by atoms with Gasteiger partial charge < -0.3 is 14.2 Å². The average molecular weight is 371 g/mol. The van der Waals surface area contributed by atoms with Gasteiger partial charge in [0.05, 0.1) is 27.0 Å². The fraction of sp³-hybridized carbons (Fsp3) is 0.267. The second kappa shape index (κ2) is 7.10. The topological polar surface area (TPSA) is 90.9 Å². The first-order chi connectivity index (χ1) is 11.3. The van der Waals surface area contributed by atoms with E-state index in [0.717, 1.165) is 11.3 Å². The van der Waals surface area contributed by atoms with Gasteiger partial charge >= 0.3 is 5.97 Å². The van der Waals surface area contributed by atoms with Crippen molar-refractivity contribution in [1.29, 1.82) is 0 Å². The second-order valence-corrected chi connectivity index (χ2v) is 7.30. The number of anilines is 1. The molecule has 0 unspecified atom stereocenters. The van der Waals surface area contributed by atoms with Gasteiger partial charge in [-0.2, -0.15) is 0 Å². The van der Waals surface area contributed by atoms with Crippen molar-refractivity contribution in [1.82, 2.24) is 0 Å². The molecule has 0 atom stereocenters. The van der Waals surface area contributed by atoms with Crippen molar-refractivity contribution in [2.75, 3.05) is 26.1 Å². The molecule has 130 valence electrons. The number of sulfonamides is 1. The molecular weight excluding hydrogens is 354 g/mol. The molecule has 0 saturated heterocycles. The highest BCUT2D eigenvalue weighted by atomic mass is 32.2. The zero-order valence-electron chi connectivity index (χ0n) is 13.6. The molecule has 0 bridgehead atoms. The minimum atomic E-state index is -3.96. The van der Waals surface area contributed by atoms with Crippen molar-refractivity contribution in [2.24, 2.45) is 0 Å². The summed E-state index contributed by atoms with van der Waals surface area (Å²) >= 11 is 0.999. The number of hydrogen-bond donors (Lipinski definition) is 1. The van der Waals surface area contributed by atoms with Gasteiger partial charge in [-0.25, -0.2) is 13.2 Å². The van der Waals surface area contributed by atoms with Gasteiger partial charge in [-0.05, 0) is 30.0 Å². The number of methoxy groups -OCH3 is 3. The highest BCUT2D eigenvalue weighted by Crippen LogP contribution is 2.34.